The molecule has 9 heteroatoms. The number of benzene rings is 2. The molecule has 2 aromatic carbocycles. The summed E-state index contributed by atoms with van der Waals surface area (Å²) in [4.78, 5) is 4.40. The molecule has 6 nitrogen and oxygen atoms in total. The Hall–Kier alpha value is -2.78. The average Bonchev–Trinajstić information content (AvgIpc) is 3.36. The van der Waals surface area contributed by atoms with Gasteiger partial charge in [-0.25, -0.2) is 4.39 Å². The van der Waals surface area contributed by atoms with Crippen molar-refractivity contribution in [2.45, 2.75) is 16.6 Å². The second-order valence-corrected chi connectivity index (χ2v) is 7.72. The molecule has 0 saturated heterocycles. The van der Waals surface area contributed by atoms with Gasteiger partial charge in [0, 0.05) is 12.1 Å². The van der Waals surface area contributed by atoms with E-state index in [1.807, 2.05) is 30.3 Å². The molecule has 0 saturated carbocycles. The van der Waals surface area contributed by atoms with Crippen LogP contribution in [0.4, 0.5) is 9.52 Å². The van der Waals surface area contributed by atoms with Crippen LogP contribution < -0.4 is 5.32 Å². The fourth-order valence-electron chi connectivity index (χ4n) is 2.26. The van der Waals surface area contributed by atoms with Crippen LogP contribution in [-0.2, 0) is 12.3 Å². The number of halogens is 1. The Labute approximate surface area is 162 Å². The number of hydrogen-bond donors (Lipinski definition) is 1. The summed E-state index contributed by atoms with van der Waals surface area (Å²) in [6.07, 6.45) is 0. The molecular weight excluding hydrogens is 385 g/mol. The summed E-state index contributed by atoms with van der Waals surface area (Å²) in [7, 11) is 0. The van der Waals surface area contributed by atoms with Gasteiger partial charge >= 0.3 is 0 Å². The molecule has 0 radical (unpaired) electrons. The fraction of sp³-hybridized carbons (Fsp3) is 0.111. The van der Waals surface area contributed by atoms with E-state index in [1.54, 1.807) is 12.1 Å². The van der Waals surface area contributed by atoms with Gasteiger partial charge in [-0.15, -0.1) is 10.2 Å². The molecule has 0 aliphatic heterocycles. The predicted molar refractivity (Wildman–Crippen MR) is 103 cm³/mol. The summed E-state index contributed by atoms with van der Waals surface area (Å²) >= 11 is 2.93. The molecule has 4 rings (SSSR count). The summed E-state index contributed by atoms with van der Waals surface area (Å²) in [5.41, 5.74) is 1.89. The van der Waals surface area contributed by atoms with Crippen molar-refractivity contribution in [3.63, 3.8) is 0 Å². The number of anilines is 1. The van der Waals surface area contributed by atoms with Crippen molar-refractivity contribution in [3.8, 4) is 11.4 Å². The first kappa shape index (κ1) is 17.6. The van der Waals surface area contributed by atoms with Gasteiger partial charge in [0.25, 0.3) is 0 Å². The van der Waals surface area contributed by atoms with E-state index in [4.69, 9.17) is 4.52 Å². The molecule has 0 bridgehead atoms. The Morgan fingerprint density at radius 2 is 1.85 bits per heavy atom. The molecule has 0 spiro atoms. The quantitative estimate of drug-likeness (QED) is 0.454. The Bertz CT molecular complexity index is 1000. The summed E-state index contributed by atoms with van der Waals surface area (Å²) in [6, 6.07) is 16.0. The predicted octanol–water partition coefficient (Wildman–Crippen LogP) is 4.63. The van der Waals surface area contributed by atoms with Crippen molar-refractivity contribution >= 4 is 28.2 Å². The minimum absolute atomic E-state index is 0.246. The van der Waals surface area contributed by atoms with Crippen LogP contribution in [0, 0.1) is 5.82 Å². The number of thioether (sulfide) groups is 1. The zero-order valence-electron chi connectivity index (χ0n) is 14.0. The van der Waals surface area contributed by atoms with Gasteiger partial charge in [0.15, 0.2) is 4.34 Å². The van der Waals surface area contributed by atoms with Crippen molar-refractivity contribution in [1.82, 2.24) is 20.3 Å². The third-order valence-electron chi connectivity index (χ3n) is 3.58. The zero-order chi connectivity index (χ0) is 18.5. The number of nitrogens with one attached hydrogen (secondary N) is 1. The van der Waals surface area contributed by atoms with Gasteiger partial charge in [0.1, 0.15) is 5.82 Å². The molecule has 0 unspecified atom stereocenters. The van der Waals surface area contributed by atoms with Gasteiger partial charge in [-0.05, 0) is 17.7 Å². The third-order valence-corrected chi connectivity index (χ3v) is 5.58. The molecule has 136 valence electrons. The summed E-state index contributed by atoms with van der Waals surface area (Å²) in [6.45, 7) is 0.559. The van der Waals surface area contributed by atoms with Crippen molar-refractivity contribution < 1.29 is 8.91 Å². The molecular formula is C18H14FN5OS2. The second kappa shape index (κ2) is 8.28. The van der Waals surface area contributed by atoms with E-state index in [9.17, 15) is 4.39 Å². The SMILES string of the molecule is Fc1ccc(CNc2nnc(SCc3nc(-c4ccccc4)no3)s2)cc1. The minimum Gasteiger partial charge on any atom is -0.356 e. The molecule has 0 aliphatic carbocycles. The Morgan fingerprint density at radius 1 is 1.04 bits per heavy atom. The first-order chi connectivity index (χ1) is 13.3. The third kappa shape index (κ3) is 4.69. The van der Waals surface area contributed by atoms with Crippen LogP contribution in [0.5, 0.6) is 0 Å². The van der Waals surface area contributed by atoms with E-state index in [2.05, 4.69) is 25.7 Å². The molecule has 2 heterocycles. The van der Waals surface area contributed by atoms with Crippen molar-refractivity contribution in [2.24, 2.45) is 0 Å². The van der Waals surface area contributed by atoms with Crippen LogP contribution in [0.2, 0.25) is 0 Å². The lowest BCUT2D eigenvalue weighted by Gasteiger charge is -2.01. The lowest BCUT2D eigenvalue weighted by atomic mass is 10.2. The molecule has 0 atom stereocenters. The zero-order valence-corrected chi connectivity index (χ0v) is 15.6. The van der Waals surface area contributed by atoms with Gasteiger partial charge in [0.2, 0.25) is 16.8 Å². The molecule has 0 fully saturated rings. The first-order valence-electron chi connectivity index (χ1n) is 8.09. The molecule has 0 amide bonds. The van der Waals surface area contributed by atoms with Crippen molar-refractivity contribution in [2.75, 3.05) is 5.32 Å². The van der Waals surface area contributed by atoms with Gasteiger partial charge in [-0.1, -0.05) is 70.7 Å². The maximum absolute atomic E-state index is 12.9. The normalized spacial score (nSPS) is 10.9. The summed E-state index contributed by atoms with van der Waals surface area (Å²) in [5.74, 6) is 1.39. The van der Waals surface area contributed by atoms with Gasteiger partial charge in [-0.2, -0.15) is 4.98 Å². The maximum Gasteiger partial charge on any atom is 0.237 e. The maximum atomic E-state index is 12.9. The van der Waals surface area contributed by atoms with Gasteiger partial charge in [0.05, 0.1) is 5.75 Å². The van der Waals surface area contributed by atoms with E-state index in [0.717, 1.165) is 15.5 Å². The van der Waals surface area contributed by atoms with E-state index in [0.29, 0.717) is 29.1 Å². The van der Waals surface area contributed by atoms with Crippen LogP contribution in [0.25, 0.3) is 11.4 Å². The van der Waals surface area contributed by atoms with Crippen LogP contribution in [0.3, 0.4) is 0 Å². The average molecular weight is 399 g/mol. The monoisotopic (exact) mass is 399 g/mol. The molecule has 2 aromatic heterocycles. The number of nitrogens with zero attached hydrogens (tertiary/aromatic N) is 4. The number of hydrogen-bond acceptors (Lipinski definition) is 8. The lowest BCUT2D eigenvalue weighted by Crippen LogP contribution is -1.98. The highest BCUT2D eigenvalue weighted by Gasteiger charge is 2.11. The van der Waals surface area contributed by atoms with Crippen molar-refractivity contribution in [1.29, 1.82) is 0 Å². The second-order valence-electron chi connectivity index (χ2n) is 5.52. The Morgan fingerprint density at radius 3 is 2.67 bits per heavy atom. The molecule has 0 aliphatic rings. The fourth-order valence-corrected chi connectivity index (χ4v) is 3.85. The summed E-state index contributed by atoms with van der Waals surface area (Å²) < 4.78 is 19.0. The minimum atomic E-state index is -0.246. The summed E-state index contributed by atoms with van der Waals surface area (Å²) in [5, 5.41) is 16.1. The number of aromatic nitrogens is 4. The highest BCUT2D eigenvalue weighted by molar-refractivity contribution is 8.00. The van der Waals surface area contributed by atoms with E-state index in [-0.39, 0.29) is 5.82 Å². The molecule has 1 N–H and O–H groups in total. The van der Waals surface area contributed by atoms with E-state index in [1.165, 1.54) is 35.2 Å². The van der Waals surface area contributed by atoms with Gasteiger partial charge in [-0.3, -0.25) is 0 Å². The molecule has 27 heavy (non-hydrogen) atoms. The van der Waals surface area contributed by atoms with Gasteiger partial charge < -0.3 is 9.84 Å². The van der Waals surface area contributed by atoms with Crippen LogP contribution >= 0.6 is 23.1 Å². The molecule has 4 aromatic rings. The van der Waals surface area contributed by atoms with Crippen LogP contribution in [-0.4, -0.2) is 20.3 Å². The highest BCUT2D eigenvalue weighted by atomic mass is 32.2. The highest BCUT2D eigenvalue weighted by Crippen LogP contribution is 2.28. The van der Waals surface area contributed by atoms with Crippen LogP contribution in [0.15, 0.2) is 63.5 Å². The lowest BCUT2D eigenvalue weighted by molar-refractivity contribution is 0.391. The largest absolute Gasteiger partial charge is 0.356 e. The topological polar surface area (TPSA) is 76.7 Å². The van der Waals surface area contributed by atoms with Crippen molar-refractivity contribution in [3.05, 3.63) is 71.9 Å². The Kier molecular flexibility index (Phi) is 5.40. The number of rotatable bonds is 7. The van der Waals surface area contributed by atoms with Crippen LogP contribution in [0.1, 0.15) is 11.5 Å². The Balaban J connectivity index is 1.31. The standard InChI is InChI=1S/C18H14FN5OS2/c19-14-8-6-12(7-9-14)10-20-17-22-23-18(27-17)26-11-15-21-16(24-25-15)13-4-2-1-3-5-13/h1-9H,10-11H2,(H,20,22). The first-order valence-corrected chi connectivity index (χ1v) is 9.89. The smallest absolute Gasteiger partial charge is 0.237 e. The van der Waals surface area contributed by atoms with E-state index < -0.39 is 0 Å². The van der Waals surface area contributed by atoms with E-state index >= 15 is 0 Å².